The fourth-order valence-electron chi connectivity index (χ4n) is 2.10. The SMILES string of the molecule is CCN=C(NS(=O)(=O)c1cccc(C#N)c1)N1CC(CC)C=N1. The van der Waals surface area contributed by atoms with Crippen LogP contribution in [0.15, 0.2) is 39.3 Å². The Labute approximate surface area is 136 Å². The van der Waals surface area contributed by atoms with Crippen molar-refractivity contribution in [2.75, 3.05) is 13.1 Å². The van der Waals surface area contributed by atoms with Crippen molar-refractivity contribution in [2.24, 2.45) is 16.0 Å². The van der Waals surface area contributed by atoms with Crippen LogP contribution in [0.5, 0.6) is 0 Å². The molecule has 1 aromatic rings. The zero-order valence-corrected chi connectivity index (χ0v) is 13.9. The molecule has 1 atom stereocenters. The third-order valence-corrected chi connectivity index (χ3v) is 4.73. The molecule has 8 heteroatoms. The lowest BCUT2D eigenvalue weighted by molar-refractivity contribution is 0.429. The van der Waals surface area contributed by atoms with Gasteiger partial charge < -0.3 is 0 Å². The summed E-state index contributed by atoms with van der Waals surface area (Å²) >= 11 is 0. The Morgan fingerprint density at radius 3 is 2.91 bits per heavy atom. The molecule has 23 heavy (non-hydrogen) atoms. The van der Waals surface area contributed by atoms with Crippen molar-refractivity contribution < 1.29 is 8.42 Å². The summed E-state index contributed by atoms with van der Waals surface area (Å²) in [6.07, 6.45) is 2.73. The van der Waals surface area contributed by atoms with Crippen LogP contribution >= 0.6 is 0 Å². The highest BCUT2D eigenvalue weighted by atomic mass is 32.2. The summed E-state index contributed by atoms with van der Waals surface area (Å²) in [7, 11) is -3.82. The molecule has 0 bridgehead atoms. The minimum atomic E-state index is -3.82. The smallest absolute Gasteiger partial charge is 0.251 e. The number of sulfonamides is 1. The zero-order valence-electron chi connectivity index (χ0n) is 13.1. The molecule has 0 radical (unpaired) electrons. The molecule has 2 rings (SSSR count). The first-order valence-corrected chi connectivity index (χ1v) is 8.87. The van der Waals surface area contributed by atoms with E-state index in [-0.39, 0.29) is 22.3 Å². The van der Waals surface area contributed by atoms with Gasteiger partial charge in [0.15, 0.2) is 0 Å². The van der Waals surface area contributed by atoms with Crippen LogP contribution in [0.3, 0.4) is 0 Å². The van der Waals surface area contributed by atoms with Crippen LogP contribution in [0.25, 0.3) is 0 Å². The van der Waals surface area contributed by atoms with Crippen molar-refractivity contribution in [3.8, 4) is 6.07 Å². The molecule has 0 saturated heterocycles. The van der Waals surface area contributed by atoms with Crippen LogP contribution in [0.4, 0.5) is 0 Å². The number of nitriles is 1. The van der Waals surface area contributed by atoms with E-state index in [0.717, 1.165) is 6.42 Å². The van der Waals surface area contributed by atoms with E-state index < -0.39 is 10.0 Å². The summed E-state index contributed by atoms with van der Waals surface area (Å²) in [5.41, 5.74) is 0.284. The zero-order chi connectivity index (χ0) is 16.9. The number of hydrogen-bond acceptors (Lipinski definition) is 5. The predicted molar refractivity (Wildman–Crippen MR) is 88.4 cm³/mol. The molecule has 1 aromatic carbocycles. The second-order valence-electron chi connectivity index (χ2n) is 5.06. The topological polar surface area (TPSA) is 97.9 Å². The van der Waals surface area contributed by atoms with Crippen LogP contribution in [-0.2, 0) is 10.0 Å². The van der Waals surface area contributed by atoms with Crippen LogP contribution < -0.4 is 4.72 Å². The van der Waals surface area contributed by atoms with Gasteiger partial charge in [-0.1, -0.05) is 13.0 Å². The second-order valence-corrected chi connectivity index (χ2v) is 6.74. The first-order valence-electron chi connectivity index (χ1n) is 7.39. The third kappa shape index (κ3) is 4.07. The Morgan fingerprint density at radius 1 is 1.52 bits per heavy atom. The summed E-state index contributed by atoms with van der Waals surface area (Å²) in [5.74, 6) is 0.477. The highest BCUT2D eigenvalue weighted by molar-refractivity contribution is 7.90. The molecule has 0 saturated carbocycles. The Bertz CT molecular complexity index is 764. The highest BCUT2D eigenvalue weighted by Crippen LogP contribution is 2.14. The summed E-state index contributed by atoms with van der Waals surface area (Å²) in [6, 6.07) is 7.78. The Balaban J connectivity index is 2.24. The van der Waals surface area contributed by atoms with E-state index in [1.807, 2.05) is 19.9 Å². The first-order chi connectivity index (χ1) is 11.0. The molecule has 1 aliphatic heterocycles. The Kier molecular flexibility index (Phi) is 5.34. The van der Waals surface area contributed by atoms with Crippen molar-refractivity contribution in [2.45, 2.75) is 25.2 Å². The van der Waals surface area contributed by atoms with Crippen molar-refractivity contribution in [3.63, 3.8) is 0 Å². The van der Waals surface area contributed by atoms with Gasteiger partial charge in [0, 0.05) is 18.7 Å². The number of rotatable bonds is 4. The number of nitrogens with one attached hydrogen (secondary N) is 1. The summed E-state index contributed by atoms with van der Waals surface area (Å²) in [5, 5.41) is 14.7. The molecule has 1 aliphatic rings. The Hall–Kier alpha value is -2.40. The van der Waals surface area contributed by atoms with Gasteiger partial charge in [0.25, 0.3) is 10.0 Å². The van der Waals surface area contributed by atoms with Crippen molar-refractivity contribution in [3.05, 3.63) is 29.8 Å². The number of hydrogen-bond donors (Lipinski definition) is 1. The van der Waals surface area contributed by atoms with Gasteiger partial charge in [-0.3, -0.25) is 4.99 Å². The molecule has 1 heterocycles. The van der Waals surface area contributed by atoms with Gasteiger partial charge in [0.05, 0.1) is 23.1 Å². The van der Waals surface area contributed by atoms with Crippen LogP contribution in [-0.4, -0.2) is 38.7 Å². The molecule has 0 spiro atoms. The van der Waals surface area contributed by atoms with E-state index in [1.54, 1.807) is 17.3 Å². The van der Waals surface area contributed by atoms with E-state index in [0.29, 0.717) is 13.1 Å². The molecule has 1 unspecified atom stereocenters. The predicted octanol–water partition coefficient (Wildman–Crippen LogP) is 1.54. The Morgan fingerprint density at radius 2 is 2.30 bits per heavy atom. The molecule has 7 nitrogen and oxygen atoms in total. The van der Waals surface area contributed by atoms with Gasteiger partial charge in [-0.05, 0) is 31.5 Å². The maximum Gasteiger partial charge on any atom is 0.264 e. The molecule has 122 valence electrons. The van der Waals surface area contributed by atoms with Gasteiger partial charge in [-0.2, -0.15) is 10.4 Å². The number of hydrazone groups is 1. The van der Waals surface area contributed by atoms with Crippen molar-refractivity contribution in [1.29, 1.82) is 5.26 Å². The third-order valence-electron chi connectivity index (χ3n) is 3.40. The van der Waals surface area contributed by atoms with Gasteiger partial charge >= 0.3 is 0 Å². The van der Waals surface area contributed by atoms with Crippen LogP contribution in [0, 0.1) is 17.2 Å². The minimum Gasteiger partial charge on any atom is -0.251 e. The molecule has 0 fully saturated rings. The quantitative estimate of drug-likeness (QED) is 0.667. The molecule has 0 aromatic heterocycles. The van der Waals surface area contributed by atoms with Crippen LogP contribution in [0.1, 0.15) is 25.8 Å². The standard InChI is InChI=1S/C15H19N5O2S/c1-3-12-10-18-20(11-12)15(17-4-2)19-23(21,22)14-7-5-6-13(8-14)9-16/h5-8,10,12H,3-4,11H2,1-2H3,(H,17,19). The molecular weight excluding hydrogens is 314 g/mol. The largest absolute Gasteiger partial charge is 0.264 e. The second kappa shape index (κ2) is 7.24. The van der Waals surface area contributed by atoms with E-state index in [9.17, 15) is 8.42 Å². The van der Waals surface area contributed by atoms with Gasteiger partial charge in [0.1, 0.15) is 0 Å². The number of aliphatic imine (C=N–C) groups is 1. The number of benzene rings is 1. The van der Waals surface area contributed by atoms with Crippen molar-refractivity contribution in [1.82, 2.24) is 9.73 Å². The molecule has 0 aliphatic carbocycles. The summed E-state index contributed by atoms with van der Waals surface area (Å²) in [6.45, 7) is 4.89. The lowest BCUT2D eigenvalue weighted by Gasteiger charge is -2.19. The van der Waals surface area contributed by atoms with Gasteiger partial charge in [0.2, 0.25) is 5.96 Å². The number of guanidine groups is 1. The van der Waals surface area contributed by atoms with Gasteiger partial charge in [-0.15, -0.1) is 0 Å². The van der Waals surface area contributed by atoms with E-state index in [4.69, 9.17) is 5.26 Å². The fourth-order valence-corrected chi connectivity index (χ4v) is 3.16. The average Bonchev–Trinajstić information content (AvgIpc) is 3.03. The van der Waals surface area contributed by atoms with E-state index >= 15 is 0 Å². The first kappa shape index (κ1) is 17.0. The summed E-state index contributed by atoms with van der Waals surface area (Å²) in [4.78, 5) is 4.23. The maximum absolute atomic E-state index is 12.5. The maximum atomic E-state index is 12.5. The summed E-state index contributed by atoms with van der Waals surface area (Å²) < 4.78 is 27.5. The highest BCUT2D eigenvalue weighted by Gasteiger charge is 2.24. The molecular formula is C15H19N5O2S. The minimum absolute atomic E-state index is 0.0237. The molecule has 0 amide bonds. The monoisotopic (exact) mass is 333 g/mol. The lowest BCUT2D eigenvalue weighted by atomic mass is 10.1. The van der Waals surface area contributed by atoms with Gasteiger partial charge in [-0.25, -0.2) is 18.1 Å². The normalized spacial score (nSPS) is 18.0. The van der Waals surface area contributed by atoms with Crippen LogP contribution in [0.2, 0.25) is 0 Å². The average molecular weight is 333 g/mol. The number of nitrogens with zero attached hydrogens (tertiary/aromatic N) is 4. The molecule has 1 N–H and O–H groups in total. The lowest BCUT2D eigenvalue weighted by Crippen LogP contribution is -2.41. The van der Waals surface area contributed by atoms with E-state index in [1.165, 1.54) is 18.2 Å². The van der Waals surface area contributed by atoms with E-state index in [2.05, 4.69) is 14.8 Å². The fraction of sp³-hybridized carbons (Fsp3) is 0.400. The van der Waals surface area contributed by atoms with Crippen molar-refractivity contribution >= 4 is 22.2 Å².